The number of carbonyl (C=O) groups excluding carboxylic acids is 1. The number of carbonyl (C=O) groups is 1. The first-order valence-electron chi connectivity index (χ1n) is 13.2. The maximum Gasteiger partial charge on any atom is 0.139 e. The Morgan fingerprint density at radius 1 is 0.865 bits per heavy atom. The van der Waals surface area contributed by atoms with Gasteiger partial charge < -0.3 is 9.64 Å². The van der Waals surface area contributed by atoms with Crippen LogP contribution in [-0.4, -0.2) is 54.9 Å². The lowest BCUT2D eigenvalue weighted by Crippen LogP contribution is -2.46. The van der Waals surface area contributed by atoms with Gasteiger partial charge in [-0.1, -0.05) is 68.4 Å². The molecule has 1 aliphatic rings. The fourth-order valence-electron chi connectivity index (χ4n) is 5.25. The zero-order chi connectivity index (χ0) is 26.2. The molecule has 2 atom stereocenters. The highest BCUT2D eigenvalue weighted by Crippen LogP contribution is 2.38. The van der Waals surface area contributed by atoms with E-state index in [0.717, 1.165) is 36.3 Å². The van der Waals surface area contributed by atoms with E-state index in [1.54, 1.807) is 24.3 Å². The van der Waals surface area contributed by atoms with Crippen molar-refractivity contribution in [1.29, 1.82) is 0 Å². The number of halogens is 2. The average molecular weight is 507 g/mol. The van der Waals surface area contributed by atoms with Gasteiger partial charge in [-0.3, -0.25) is 9.69 Å². The maximum atomic E-state index is 13.8. The van der Waals surface area contributed by atoms with E-state index in [0.29, 0.717) is 26.1 Å². The number of benzene rings is 3. The number of piperidine rings is 1. The van der Waals surface area contributed by atoms with Gasteiger partial charge in [-0.25, -0.2) is 8.78 Å². The summed E-state index contributed by atoms with van der Waals surface area (Å²) in [6, 6.07) is 22.7. The molecule has 3 aromatic carbocycles. The van der Waals surface area contributed by atoms with Crippen LogP contribution in [0.3, 0.4) is 0 Å². The summed E-state index contributed by atoms with van der Waals surface area (Å²) in [6.45, 7) is 8.72. The molecule has 0 N–H and O–H groups in total. The first kappa shape index (κ1) is 27.1. The van der Waals surface area contributed by atoms with Gasteiger partial charge in [0.25, 0.3) is 0 Å². The van der Waals surface area contributed by atoms with Crippen molar-refractivity contribution >= 4 is 5.78 Å². The number of hydrogen-bond acceptors (Lipinski definition) is 4. The Morgan fingerprint density at radius 3 is 1.97 bits per heavy atom. The Kier molecular flexibility index (Phi) is 9.56. The Morgan fingerprint density at radius 2 is 1.43 bits per heavy atom. The molecule has 1 fully saturated rings. The van der Waals surface area contributed by atoms with E-state index in [4.69, 9.17) is 4.74 Å². The molecule has 0 amide bonds. The van der Waals surface area contributed by atoms with Gasteiger partial charge >= 0.3 is 0 Å². The fourth-order valence-corrected chi connectivity index (χ4v) is 5.25. The van der Waals surface area contributed by atoms with Gasteiger partial charge in [0, 0.05) is 37.9 Å². The standard InChI is InChI=1S/C31H36F2N2O2/c1-3-34(4-2)20-21-37-31(25-8-6-5-7-9-25)35-19-18-29(36)28(22-35)30(23-10-14-26(32)15-11-23)24-12-16-27(33)17-13-24/h5-17,28,30-31H,3-4,18-22H2,1-2H3. The summed E-state index contributed by atoms with van der Waals surface area (Å²) in [5.41, 5.74) is 2.73. The zero-order valence-electron chi connectivity index (χ0n) is 21.7. The second kappa shape index (κ2) is 13.0. The third-order valence-electron chi connectivity index (χ3n) is 7.34. The molecule has 1 saturated heterocycles. The van der Waals surface area contributed by atoms with Crippen LogP contribution in [0.2, 0.25) is 0 Å². The summed E-state index contributed by atoms with van der Waals surface area (Å²) in [7, 11) is 0. The summed E-state index contributed by atoms with van der Waals surface area (Å²) in [4.78, 5) is 17.9. The lowest BCUT2D eigenvalue weighted by Gasteiger charge is -2.40. The van der Waals surface area contributed by atoms with Crippen LogP contribution in [0.4, 0.5) is 8.78 Å². The minimum absolute atomic E-state index is 0.157. The Labute approximate surface area is 218 Å². The topological polar surface area (TPSA) is 32.8 Å². The number of rotatable bonds is 11. The van der Waals surface area contributed by atoms with Gasteiger partial charge in [-0.05, 0) is 54.0 Å². The summed E-state index contributed by atoms with van der Waals surface area (Å²) < 4.78 is 34.0. The van der Waals surface area contributed by atoms with Crippen LogP contribution in [0.5, 0.6) is 0 Å². The normalized spacial score (nSPS) is 17.5. The highest BCUT2D eigenvalue weighted by molar-refractivity contribution is 5.84. The van der Waals surface area contributed by atoms with Crippen molar-refractivity contribution in [3.05, 3.63) is 107 Å². The smallest absolute Gasteiger partial charge is 0.139 e. The Hall–Kier alpha value is -2.93. The highest BCUT2D eigenvalue weighted by Gasteiger charge is 2.38. The number of Topliss-reactive ketones (excluding diaryl/α,β-unsaturated/α-hetero) is 1. The molecule has 6 heteroatoms. The number of hydrogen-bond donors (Lipinski definition) is 0. The number of nitrogens with zero attached hydrogens (tertiary/aromatic N) is 2. The molecule has 37 heavy (non-hydrogen) atoms. The predicted molar refractivity (Wildman–Crippen MR) is 142 cm³/mol. The number of likely N-dealkylation sites (tertiary alicyclic amines) is 1. The van der Waals surface area contributed by atoms with Gasteiger partial charge in [-0.2, -0.15) is 0 Å². The molecule has 0 aromatic heterocycles. The van der Waals surface area contributed by atoms with E-state index >= 15 is 0 Å². The van der Waals surface area contributed by atoms with Crippen molar-refractivity contribution in [2.24, 2.45) is 5.92 Å². The van der Waals surface area contributed by atoms with E-state index in [9.17, 15) is 13.6 Å². The van der Waals surface area contributed by atoms with Crippen LogP contribution in [0, 0.1) is 17.6 Å². The summed E-state index contributed by atoms with van der Waals surface area (Å²) in [6.07, 6.45) is 0.112. The van der Waals surface area contributed by atoms with Crippen molar-refractivity contribution in [3.63, 3.8) is 0 Å². The quantitative estimate of drug-likeness (QED) is 0.317. The predicted octanol–water partition coefficient (Wildman–Crippen LogP) is 6.04. The third kappa shape index (κ3) is 6.89. The van der Waals surface area contributed by atoms with Crippen molar-refractivity contribution in [2.75, 3.05) is 39.3 Å². The monoisotopic (exact) mass is 506 g/mol. The molecular formula is C31H36F2N2O2. The number of ketones is 1. The van der Waals surface area contributed by atoms with Crippen molar-refractivity contribution < 1.29 is 18.3 Å². The van der Waals surface area contributed by atoms with Crippen molar-refractivity contribution in [3.8, 4) is 0 Å². The zero-order valence-corrected chi connectivity index (χ0v) is 21.7. The number of ether oxygens (including phenoxy) is 1. The molecule has 0 radical (unpaired) electrons. The molecule has 0 bridgehead atoms. The second-order valence-electron chi connectivity index (χ2n) is 9.56. The van der Waals surface area contributed by atoms with Crippen LogP contribution in [0.1, 0.15) is 49.1 Å². The third-order valence-corrected chi connectivity index (χ3v) is 7.34. The van der Waals surface area contributed by atoms with E-state index in [1.807, 2.05) is 18.2 Å². The fraction of sp³-hybridized carbons (Fsp3) is 0.387. The van der Waals surface area contributed by atoms with E-state index in [1.165, 1.54) is 24.3 Å². The summed E-state index contributed by atoms with van der Waals surface area (Å²) in [5.74, 6) is -1.19. The molecule has 4 nitrogen and oxygen atoms in total. The van der Waals surface area contributed by atoms with Crippen LogP contribution >= 0.6 is 0 Å². The van der Waals surface area contributed by atoms with Crippen LogP contribution in [0.25, 0.3) is 0 Å². The van der Waals surface area contributed by atoms with Crippen molar-refractivity contribution in [2.45, 2.75) is 32.4 Å². The van der Waals surface area contributed by atoms with E-state index < -0.39 is 0 Å². The van der Waals surface area contributed by atoms with E-state index in [-0.39, 0.29) is 35.5 Å². The average Bonchev–Trinajstić information content (AvgIpc) is 2.93. The maximum absolute atomic E-state index is 13.8. The molecule has 3 aromatic rings. The molecule has 1 heterocycles. The van der Waals surface area contributed by atoms with Crippen LogP contribution in [0.15, 0.2) is 78.9 Å². The SMILES string of the molecule is CCN(CC)CCOC(c1ccccc1)N1CCC(=O)C(C(c2ccc(F)cc2)c2ccc(F)cc2)C1. The molecule has 0 spiro atoms. The van der Waals surface area contributed by atoms with Gasteiger partial charge in [-0.15, -0.1) is 0 Å². The highest BCUT2D eigenvalue weighted by atomic mass is 19.1. The Bertz CT molecular complexity index is 1070. The molecule has 0 aliphatic carbocycles. The molecule has 196 valence electrons. The molecule has 4 rings (SSSR count). The first-order valence-corrected chi connectivity index (χ1v) is 13.2. The van der Waals surface area contributed by atoms with Crippen molar-refractivity contribution in [1.82, 2.24) is 9.80 Å². The molecule has 2 unspecified atom stereocenters. The number of likely N-dealkylation sites (N-methyl/N-ethyl adjacent to an activating group) is 1. The van der Waals surface area contributed by atoms with Crippen LogP contribution < -0.4 is 0 Å². The first-order chi connectivity index (χ1) is 18.0. The largest absolute Gasteiger partial charge is 0.358 e. The summed E-state index contributed by atoms with van der Waals surface area (Å²) >= 11 is 0. The van der Waals surface area contributed by atoms with Gasteiger partial charge in [0.1, 0.15) is 23.6 Å². The lowest BCUT2D eigenvalue weighted by atomic mass is 9.76. The lowest BCUT2D eigenvalue weighted by molar-refractivity contribution is -0.134. The molecule has 1 aliphatic heterocycles. The minimum atomic E-state index is -0.373. The molecule has 0 saturated carbocycles. The van der Waals surface area contributed by atoms with Gasteiger partial charge in [0.05, 0.1) is 6.61 Å². The second-order valence-corrected chi connectivity index (χ2v) is 9.56. The van der Waals surface area contributed by atoms with Crippen LogP contribution in [-0.2, 0) is 9.53 Å². The minimum Gasteiger partial charge on any atom is -0.358 e. The summed E-state index contributed by atoms with van der Waals surface area (Å²) in [5, 5.41) is 0. The molecular weight excluding hydrogens is 470 g/mol. The van der Waals surface area contributed by atoms with Gasteiger partial charge in [0.15, 0.2) is 0 Å². The Balaban J connectivity index is 1.63. The van der Waals surface area contributed by atoms with E-state index in [2.05, 4.69) is 35.8 Å². The van der Waals surface area contributed by atoms with Gasteiger partial charge in [0.2, 0.25) is 0 Å².